The minimum absolute atomic E-state index is 0.0909. The van der Waals surface area contributed by atoms with Crippen LogP contribution in [0.4, 0.5) is 0 Å². The lowest BCUT2D eigenvalue weighted by atomic mass is 9.73. The van der Waals surface area contributed by atoms with Gasteiger partial charge in [0.1, 0.15) is 11.8 Å². The van der Waals surface area contributed by atoms with Crippen LogP contribution in [0.5, 0.6) is 5.75 Å². The molecule has 0 amide bonds. The third kappa shape index (κ3) is 3.17. The molecule has 7 heteroatoms. The highest BCUT2D eigenvalue weighted by atomic mass is 16.5. The maximum atomic E-state index is 14.0. The first kappa shape index (κ1) is 20.8. The Labute approximate surface area is 176 Å². The Morgan fingerprint density at radius 1 is 1.33 bits per heavy atom. The summed E-state index contributed by atoms with van der Waals surface area (Å²) in [5.74, 6) is 0.441. The van der Waals surface area contributed by atoms with E-state index in [0.717, 1.165) is 28.8 Å². The van der Waals surface area contributed by atoms with Gasteiger partial charge >= 0.3 is 5.97 Å². The van der Waals surface area contributed by atoms with E-state index in [1.807, 2.05) is 18.2 Å². The van der Waals surface area contributed by atoms with Crippen LogP contribution in [-0.2, 0) is 20.7 Å². The summed E-state index contributed by atoms with van der Waals surface area (Å²) in [6.07, 6.45) is 3.61. The van der Waals surface area contributed by atoms with Crippen LogP contribution in [0.2, 0.25) is 0 Å². The maximum Gasteiger partial charge on any atom is 0.337 e. The molecule has 2 aliphatic rings. The number of hydroxylamine groups is 3. The van der Waals surface area contributed by atoms with Crippen molar-refractivity contribution in [1.82, 2.24) is 4.98 Å². The van der Waals surface area contributed by atoms with Gasteiger partial charge in [-0.25, -0.2) is 4.79 Å². The monoisotopic (exact) mass is 414 g/mol. The number of carbonyl (C=O) groups excluding carboxylic acids is 1. The molecule has 1 saturated heterocycles. The van der Waals surface area contributed by atoms with Crippen molar-refractivity contribution in [2.24, 2.45) is 11.8 Å². The number of H-pyrrole nitrogens is 1. The summed E-state index contributed by atoms with van der Waals surface area (Å²) in [7, 11) is 4.58. The van der Waals surface area contributed by atoms with E-state index < -0.39 is 0 Å². The maximum absolute atomic E-state index is 14.0. The molecular formula is C23H30N2O5. The van der Waals surface area contributed by atoms with Gasteiger partial charge in [0.15, 0.2) is 0 Å². The summed E-state index contributed by atoms with van der Waals surface area (Å²) < 4.78 is 15.6. The fourth-order valence-electron chi connectivity index (χ4n) is 5.52. The molecule has 1 aromatic heterocycles. The Morgan fingerprint density at radius 3 is 2.80 bits per heavy atom. The lowest BCUT2D eigenvalue weighted by Crippen LogP contribution is -2.57. The molecule has 30 heavy (non-hydrogen) atoms. The number of piperidine rings is 1. The number of hydrogen-bond acceptors (Lipinski definition) is 5. The van der Waals surface area contributed by atoms with E-state index in [9.17, 15) is 10.0 Å². The molecule has 1 N–H and O–H groups in total. The van der Waals surface area contributed by atoms with Crippen molar-refractivity contribution >= 4 is 16.9 Å². The highest BCUT2D eigenvalue weighted by Crippen LogP contribution is 2.50. The summed E-state index contributed by atoms with van der Waals surface area (Å²) in [6, 6.07) is 5.67. The van der Waals surface area contributed by atoms with E-state index in [-0.39, 0.29) is 28.5 Å². The number of fused-ring (bicyclic) bond motifs is 5. The topological polar surface area (TPSA) is 83.6 Å². The number of ether oxygens (including phenoxy) is 3. The average molecular weight is 415 g/mol. The summed E-state index contributed by atoms with van der Waals surface area (Å²) in [5.41, 5.74) is 3.65. The minimum atomic E-state index is -0.388. The van der Waals surface area contributed by atoms with Gasteiger partial charge in [-0.2, -0.15) is 0 Å². The predicted molar refractivity (Wildman–Crippen MR) is 114 cm³/mol. The SMILES string of the molecule is CC[C@@H]1C[N+]2([O-])CCc3c([nH]c4cccc(OC)c34)[C@@H]2C[C@@H]1/C(=C\OC)C(=O)OC. The van der Waals surface area contributed by atoms with Gasteiger partial charge in [-0.15, -0.1) is 0 Å². The number of nitrogens with zero attached hydrogens (tertiary/aromatic N) is 1. The van der Waals surface area contributed by atoms with Crippen molar-refractivity contribution in [1.29, 1.82) is 0 Å². The predicted octanol–water partition coefficient (Wildman–Crippen LogP) is 3.84. The smallest absolute Gasteiger partial charge is 0.337 e. The van der Waals surface area contributed by atoms with Crippen molar-refractivity contribution in [3.05, 3.63) is 46.5 Å². The molecule has 0 saturated carbocycles. The van der Waals surface area contributed by atoms with Crippen molar-refractivity contribution in [3.8, 4) is 5.75 Å². The second-order valence-electron chi connectivity index (χ2n) is 8.34. The first-order valence-electron chi connectivity index (χ1n) is 10.5. The molecule has 0 radical (unpaired) electrons. The van der Waals surface area contributed by atoms with Gasteiger partial charge in [0, 0.05) is 35.6 Å². The van der Waals surface area contributed by atoms with Crippen molar-refractivity contribution in [2.75, 3.05) is 34.4 Å². The molecule has 0 aliphatic carbocycles. The number of benzene rings is 1. The van der Waals surface area contributed by atoms with Crippen LogP contribution in [0.1, 0.15) is 37.1 Å². The standard InChI is InChI=1S/C23H30N2O5/c1-5-14-12-25(27)10-9-15-21-18(7-6-8-20(21)29-3)24-22(15)19(25)11-16(14)17(13-28-2)23(26)30-4/h6-8,13-14,16,19,24H,5,9-12H2,1-4H3/b17-13+/t14-,16+,19+,25?/m1/s1. The second-order valence-corrected chi connectivity index (χ2v) is 8.34. The van der Waals surface area contributed by atoms with Gasteiger partial charge < -0.3 is 29.0 Å². The highest BCUT2D eigenvalue weighted by molar-refractivity contribution is 5.91. The van der Waals surface area contributed by atoms with Crippen LogP contribution in [-0.4, -0.2) is 50.0 Å². The normalized spacial score (nSPS) is 28.6. The van der Waals surface area contributed by atoms with E-state index in [0.29, 0.717) is 31.5 Å². The molecule has 0 bridgehead atoms. The van der Waals surface area contributed by atoms with Gasteiger partial charge in [0.05, 0.1) is 51.9 Å². The first-order chi connectivity index (χ1) is 14.5. The van der Waals surface area contributed by atoms with Crippen molar-refractivity contribution in [3.63, 3.8) is 0 Å². The largest absolute Gasteiger partial charge is 0.632 e. The quantitative estimate of drug-likeness (QED) is 0.264. The number of aromatic amines is 1. The van der Waals surface area contributed by atoms with Gasteiger partial charge in [0.2, 0.25) is 0 Å². The van der Waals surface area contributed by atoms with Gasteiger partial charge in [-0.05, 0) is 24.1 Å². The zero-order valence-electron chi connectivity index (χ0n) is 18.1. The van der Waals surface area contributed by atoms with E-state index in [2.05, 4.69) is 11.9 Å². The van der Waals surface area contributed by atoms with Crippen LogP contribution >= 0.6 is 0 Å². The average Bonchev–Trinajstić information content (AvgIpc) is 3.14. The summed E-state index contributed by atoms with van der Waals surface area (Å²) in [4.78, 5) is 16.0. The Kier molecular flexibility index (Phi) is 5.51. The number of quaternary nitrogens is 1. The number of aromatic nitrogens is 1. The van der Waals surface area contributed by atoms with Gasteiger partial charge in [-0.1, -0.05) is 13.0 Å². The molecular weight excluding hydrogens is 384 g/mol. The number of rotatable bonds is 5. The highest BCUT2D eigenvalue weighted by Gasteiger charge is 2.49. The number of carbonyl (C=O) groups is 1. The molecule has 162 valence electrons. The van der Waals surface area contributed by atoms with E-state index >= 15 is 0 Å². The first-order valence-corrected chi connectivity index (χ1v) is 10.5. The zero-order chi connectivity index (χ0) is 21.5. The van der Waals surface area contributed by atoms with E-state index in [4.69, 9.17) is 14.2 Å². The summed E-state index contributed by atoms with van der Waals surface area (Å²) in [5, 5.41) is 15.0. The molecule has 2 aromatic rings. The molecule has 1 fully saturated rings. The minimum Gasteiger partial charge on any atom is -0.632 e. The van der Waals surface area contributed by atoms with E-state index in [1.165, 1.54) is 26.0 Å². The molecule has 2 aliphatic heterocycles. The lowest BCUT2D eigenvalue weighted by Gasteiger charge is -2.57. The van der Waals surface area contributed by atoms with Crippen molar-refractivity contribution in [2.45, 2.75) is 32.2 Å². The molecule has 0 spiro atoms. The Hall–Kier alpha value is -2.51. The Morgan fingerprint density at radius 2 is 2.13 bits per heavy atom. The molecule has 4 atom stereocenters. The molecule has 4 rings (SSSR count). The van der Waals surface area contributed by atoms with Crippen LogP contribution in [0.15, 0.2) is 30.0 Å². The fraction of sp³-hybridized carbons (Fsp3) is 0.522. The van der Waals surface area contributed by atoms with Gasteiger partial charge in [0.25, 0.3) is 0 Å². The fourth-order valence-corrected chi connectivity index (χ4v) is 5.52. The Bertz CT molecular complexity index is 981. The molecule has 7 nitrogen and oxygen atoms in total. The lowest BCUT2D eigenvalue weighted by molar-refractivity contribution is -0.924. The van der Waals surface area contributed by atoms with Crippen LogP contribution < -0.4 is 4.74 Å². The van der Waals surface area contributed by atoms with Crippen LogP contribution in [0.3, 0.4) is 0 Å². The van der Waals surface area contributed by atoms with Crippen molar-refractivity contribution < 1.29 is 23.7 Å². The number of nitrogens with one attached hydrogen (secondary N) is 1. The van der Waals surface area contributed by atoms with Crippen LogP contribution in [0.25, 0.3) is 10.9 Å². The second kappa shape index (κ2) is 7.96. The van der Waals surface area contributed by atoms with E-state index in [1.54, 1.807) is 7.11 Å². The molecule has 3 heterocycles. The Balaban J connectivity index is 1.81. The summed E-state index contributed by atoms with van der Waals surface area (Å²) >= 11 is 0. The number of esters is 1. The zero-order valence-corrected chi connectivity index (χ0v) is 18.1. The third-order valence-corrected chi connectivity index (χ3v) is 6.96. The third-order valence-electron chi connectivity index (χ3n) is 6.96. The van der Waals surface area contributed by atoms with Gasteiger partial charge in [-0.3, -0.25) is 0 Å². The molecule has 1 aromatic carbocycles. The number of hydrogen-bond donors (Lipinski definition) is 1. The summed E-state index contributed by atoms with van der Waals surface area (Å²) in [6.45, 7) is 3.10. The van der Waals surface area contributed by atoms with Crippen LogP contribution in [0, 0.1) is 17.0 Å². The molecule has 1 unspecified atom stereocenters. The number of methoxy groups -OCH3 is 3.